The van der Waals surface area contributed by atoms with Gasteiger partial charge >= 0.3 is 0 Å². The number of hydrogen-bond acceptors (Lipinski definition) is 4. The van der Waals surface area contributed by atoms with Crippen molar-refractivity contribution in [3.8, 4) is 0 Å². The molecule has 0 radical (unpaired) electrons. The standard InChI is InChI=1S/C11H14N4OS/c1-17-11-13-10-12-8-6-4-2-3-5-7(8)9(16)15(10)14-11/h2-6H2,1H3,(H,12,13,14). The molecule has 1 aliphatic carbocycles. The first-order valence-corrected chi connectivity index (χ1v) is 7.06. The molecule has 1 N–H and O–H groups in total. The Morgan fingerprint density at radius 1 is 1.24 bits per heavy atom. The lowest BCUT2D eigenvalue weighted by Crippen LogP contribution is -2.22. The number of rotatable bonds is 1. The molecular weight excluding hydrogens is 236 g/mol. The van der Waals surface area contributed by atoms with Crippen LogP contribution in [0.4, 0.5) is 0 Å². The molecule has 0 fully saturated rings. The number of aromatic nitrogens is 4. The molecule has 0 atom stereocenters. The Hall–Kier alpha value is -1.30. The second-order valence-corrected chi connectivity index (χ2v) is 5.07. The largest absolute Gasteiger partial charge is 0.277 e. The topological polar surface area (TPSA) is 63.1 Å². The molecule has 17 heavy (non-hydrogen) atoms. The Labute approximate surface area is 103 Å². The molecule has 2 aromatic rings. The van der Waals surface area contributed by atoms with Gasteiger partial charge < -0.3 is 0 Å². The maximum atomic E-state index is 12.3. The van der Waals surface area contributed by atoms with Crippen LogP contribution in [0.25, 0.3) is 5.78 Å². The number of aryl methyl sites for hydroxylation is 1. The highest BCUT2D eigenvalue weighted by Gasteiger charge is 2.17. The van der Waals surface area contributed by atoms with Gasteiger partial charge in [-0.05, 0) is 31.9 Å². The molecule has 0 saturated carbocycles. The van der Waals surface area contributed by atoms with Crippen LogP contribution in [0.15, 0.2) is 9.95 Å². The first-order chi connectivity index (χ1) is 8.29. The molecule has 2 heterocycles. The Morgan fingerprint density at radius 2 is 2.06 bits per heavy atom. The minimum atomic E-state index is 0.0275. The van der Waals surface area contributed by atoms with E-state index in [9.17, 15) is 4.79 Å². The van der Waals surface area contributed by atoms with E-state index in [1.807, 2.05) is 6.26 Å². The highest BCUT2D eigenvalue weighted by Crippen LogP contribution is 2.17. The lowest BCUT2D eigenvalue weighted by molar-refractivity contribution is 0.708. The average molecular weight is 250 g/mol. The third-order valence-corrected chi connectivity index (χ3v) is 3.76. The van der Waals surface area contributed by atoms with E-state index >= 15 is 0 Å². The molecular formula is C11H14N4OS. The lowest BCUT2D eigenvalue weighted by Gasteiger charge is -2.02. The van der Waals surface area contributed by atoms with Crippen molar-refractivity contribution in [2.45, 2.75) is 37.3 Å². The van der Waals surface area contributed by atoms with Crippen LogP contribution < -0.4 is 5.56 Å². The summed E-state index contributed by atoms with van der Waals surface area (Å²) in [6.07, 6.45) is 7.06. The van der Waals surface area contributed by atoms with Crippen LogP contribution in [-0.2, 0) is 12.8 Å². The number of H-pyrrole nitrogens is 1. The summed E-state index contributed by atoms with van der Waals surface area (Å²) in [5.74, 6) is 0.500. The number of aromatic amines is 1. The summed E-state index contributed by atoms with van der Waals surface area (Å²) in [7, 11) is 0. The third kappa shape index (κ3) is 1.76. The van der Waals surface area contributed by atoms with Crippen molar-refractivity contribution in [2.75, 3.05) is 6.26 Å². The number of nitrogens with one attached hydrogen (secondary N) is 1. The molecule has 1 aliphatic rings. The van der Waals surface area contributed by atoms with Gasteiger partial charge in [0.2, 0.25) is 0 Å². The minimum Gasteiger partial charge on any atom is -0.267 e. The summed E-state index contributed by atoms with van der Waals surface area (Å²) < 4.78 is 1.47. The summed E-state index contributed by atoms with van der Waals surface area (Å²) >= 11 is 1.48. The minimum absolute atomic E-state index is 0.0275. The predicted molar refractivity (Wildman–Crippen MR) is 66.6 cm³/mol. The third-order valence-electron chi connectivity index (χ3n) is 3.19. The highest BCUT2D eigenvalue weighted by molar-refractivity contribution is 7.98. The molecule has 6 heteroatoms. The zero-order valence-corrected chi connectivity index (χ0v) is 10.5. The van der Waals surface area contributed by atoms with Gasteiger partial charge in [-0.2, -0.15) is 9.50 Å². The summed E-state index contributed by atoms with van der Waals surface area (Å²) in [4.78, 5) is 21.1. The van der Waals surface area contributed by atoms with Crippen molar-refractivity contribution >= 4 is 17.5 Å². The highest BCUT2D eigenvalue weighted by atomic mass is 32.2. The molecule has 0 amide bonds. The maximum absolute atomic E-state index is 12.3. The molecule has 0 aromatic carbocycles. The van der Waals surface area contributed by atoms with Crippen LogP contribution in [0.1, 0.15) is 30.5 Å². The summed E-state index contributed by atoms with van der Waals surface area (Å²) in [5, 5.41) is 3.71. The van der Waals surface area contributed by atoms with E-state index in [0.29, 0.717) is 5.78 Å². The van der Waals surface area contributed by atoms with E-state index in [2.05, 4.69) is 15.1 Å². The normalized spacial score (nSPS) is 15.8. The fourth-order valence-corrected chi connectivity index (χ4v) is 2.65. The summed E-state index contributed by atoms with van der Waals surface area (Å²) in [6.45, 7) is 0. The van der Waals surface area contributed by atoms with Crippen LogP contribution in [-0.4, -0.2) is 25.8 Å². The Morgan fingerprint density at radius 3 is 2.88 bits per heavy atom. The van der Waals surface area contributed by atoms with Gasteiger partial charge in [-0.1, -0.05) is 18.2 Å². The molecule has 0 aliphatic heterocycles. The average Bonchev–Trinajstić information content (AvgIpc) is 2.60. The maximum Gasteiger partial charge on any atom is 0.277 e. The van der Waals surface area contributed by atoms with E-state index in [-0.39, 0.29) is 5.56 Å². The first-order valence-electron chi connectivity index (χ1n) is 5.84. The number of fused-ring (bicyclic) bond motifs is 2. The SMILES string of the molecule is CSc1nc2nc3c(c(=O)n2[nH]1)CCCCC3. The zero-order valence-electron chi connectivity index (χ0n) is 9.69. The molecule has 0 saturated heterocycles. The lowest BCUT2D eigenvalue weighted by atomic mass is 10.1. The monoisotopic (exact) mass is 250 g/mol. The summed E-state index contributed by atoms with van der Waals surface area (Å²) in [6, 6.07) is 0. The quantitative estimate of drug-likeness (QED) is 0.614. The summed E-state index contributed by atoms with van der Waals surface area (Å²) in [5.41, 5.74) is 1.85. The van der Waals surface area contributed by atoms with Crippen LogP contribution in [0.2, 0.25) is 0 Å². The van der Waals surface area contributed by atoms with Crippen molar-refractivity contribution in [1.29, 1.82) is 0 Å². The van der Waals surface area contributed by atoms with E-state index < -0.39 is 0 Å². The first kappa shape index (κ1) is 10.8. The van der Waals surface area contributed by atoms with Gasteiger partial charge in [0.25, 0.3) is 11.3 Å². The fourth-order valence-electron chi connectivity index (χ4n) is 2.29. The zero-order chi connectivity index (χ0) is 11.8. The van der Waals surface area contributed by atoms with Gasteiger partial charge in [0.05, 0.1) is 5.69 Å². The molecule has 0 unspecified atom stereocenters. The molecule has 90 valence electrons. The van der Waals surface area contributed by atoms with Gasteiger partial charge in [0, 0.05) is 5.56 Å². The molecule has 3 rings (SSSR count). The van der Waals surface area contributed by atoms with E-state index in [1.54, 1.807) is 0 Å². The van der Waals surface area contributed by atoms with Gasteiger partial charge in [-0.15, -0.1) is 0 Å². The van der Waals surface area contributed by atoms with Crippen molar-refractivity contribution in [3.05, 3.63) is 21.6 Å². The van der Waals surface area contributed by atoms with Crippen LogP contribution in [0, 0.1) is 0 Å². The van der Waals surface area contributed by atoms with E-state index in [1.165, 1.54) is 22.7 Å². The van der Waals surface area contributed by atoms with Crippen LogP contribution in [0.3, 0.4) is 0 Å². The second kappa shape index (κ2) is 4.18. The molecule has 5 nitrogen and oxygen atoms in total. The van der Waals surface area contributed by atoms with Crippen LogP contribution in [0.5, 0.6) is 0 Å². The van der Waals surface area contributed by atoms with Gasteiger partial charge in [0.15, 0.2) is 5.16 Å². The molecule has 0 bridgehead atoms. The van der Waals surface area contributed by atoms with Crippen molar-refractivity contribution in [2.24, 2.45) is 0 Å². The fraction of sp³-hybridized carbons (Fsp3) is 0.545. The van der Waals surface area contributed by atoms with Crippen molar-refractivity contribution < 1.29 is 0 Å². The number of thioether (sulfide) groups is 1. The smallest absolute Gasteiger partial charge is 0.267 e. The Balaban J connectivity index is 2.27. The van der Waals surface area contributed by atoms with Crippen LogP contribution >= 0.6 is 11.8 Å². The van der Waals surface area contributed by atoms with E-state index in [4.69, 9.17) is 0 Å². The van der Waals surface area contributed by atoms with Gasteiger partial charge in [-0.3, -0.25) is 9.89 Å². The van der Waals surface area contributed by atoms with Crippen molar-refractivity contribution in [3.63, 3.8) is 0 Å². The number of nitrogens with zero attached hydrogens (tertiary/aromatic N) is 3. The van der Waals surface area contributed by atoms with E-state index in [0.717, 1.165) is 42.1 Å². The Kier molecular flexibility index (Phi) is 2.66. The Bertz CT molecular complexity index is 616. The van der Waals surface area contributed by atoms with Gasteiger partial charge in [0.1, 0.15) is 0 Å². The number of hydrogen-bond donors (Lipinski definition) is 1. The predicted octanol–water partition coefficient (Wildman–Crippen LogP) is 1.41. The molecule has 2 aromatic heterocycles. The second-order valence-electron chi connectivity index (χ2n) is 4.27. The van der Waals surface area contributed by atoms with Crippen molar-refractivity contribution in [1.82, 2.24) is 19.6 Å². The van der Waals surface area contributed by atoms with Gasteiger partial charge in [-0.25, -0.2) is 4.98 Å². The molecule has 0 spiro atoms.